The minimum Gasteiger partial charge on any atom is -0.481 e. The van der Waals surface area contributed by atoms with E-state index in [1.807, 2.05) is 18.4 Å². The smallest absolute Gasteiger partial charge is 0.307 e. The highest BCUT2D eigenvalue weighted by atomic mass is 32.2. The Hall–Kier alpha value is -2.45. The predicted molar refractivity (Wildman–Crippen MR) is 80.8 cm³/mol. The van der Waals surface area contributed by atoms with Crippen molar-refractivity contribution in [1.82, 2.24) is 0 Å². The zero-order valence-electron chi connectivity index (χ0n) is 11.4. The molecule has 0 saturated carbocycles. The quantitative estimate of drug-likeness (QED) is 0.852. The summed E-state index contributed by atoms with van der Waals surface area (Å²) in [5.41, 5.74) is 1.13. The lowest BCUT2D eigenvalue weighted by atomic mass is 10.1. The van der Waals surface area contributed by atoms with Crippen molar-refractivity contribution in [2.75, 3.05) is 6.26 Å². The zero-order chi connectivity index (χ0) is 15.2. The first-order chi connectivity index (χ1) is 10.1. The molecule has 1 N–H and O–H groups in total. The van der Waals surface area contributed by atoms with Crippen molar-refractivity contribution in [2.24, 2.45) is 0 Å². The Morgan fingerprint density at radius 3 is 2.76 bits per heavy atom. The average molecular weight is 299 g/mol. The fraction of sp³-hybridized carbons (Fsp3) is 0.125. The molecule has 0 saturated heterocycles. The summed E-state index contributed by atoms with van der Waals surface area (Å²) in [5, 5.41) is 18.1. The van der Waals surface area contributed by atoms with Crippen LogP contribution < -0.4 is 4.74 Å². The monoisotopic (exact) mass is 299 g/mol. The van der Waals surface area contributed by atoms with E-state index in [9.17, 15) is 10.1 Å². The van der Waals surface area contributed by atoms with Crippen LogP contribution in [0, 0.1) is 11.3 Å². The molecule has 0 aromatic heterocycles. The average Bonchev–Trinajstić information content (AvgIpc) is 2.46. The standard InChI is InChI=1S/C16H13NO3S/c1-21-15-7-3-6-14(13(15)10-17)20-12-5-2-4-11(8-12)9-16(18)19/h2-8H,9H2,1H3,(H,18,19). The van der Waals surface area contributed by atoms with Crippen molar-refractivity contribution in [3.8, 4) is 17.6 Å². The second-order valence-corrected chi connectivity index (χ2v) is 5.11. The lowest BCUT2D eigenvalue weighted by Gasteiger charge is -2.10. The van der Waals surface area contributed by atoms with Crippen LogP contribution in [0.25, 0.3) is 0 Å². The molecule has 5 heteroatoms. The number of carboxylic acids is 1. The SMILES string of the molecule is CSc1cccc(Oc2cccc(CC(=O)O)c2)c1C#N. The molecular weight excluding hydrogens is 286 g/mol. The first-order valence-corrected chi connectivity index (χ1v) is 7.42. The van der Waals surface area contributed by atoms with Crippen LogP contribution in [0.5, 0.6) is 11.5 Å². The minimum absolute atomic E-state index is 0.0623. The van der Waals surface area contributed by atoms with Crippen LogP contribution in [0.15, 0.2) is 47.4 Å². The second kappa shape index (κ2) is 6.82. The van der Waals surface area contributed by atoms with Gasteiger partial charge < -0.3 is 9.84 Å². The van der Waals surface area contributed by atoms with Crippen LogP contribution >= 0.6 is 11.8 Å². The van der Waals surface area contributed by atoms with Gasteiger partial charge in [0.05, 0.1) is 6.42 Å². The minimum atomic E-state index is -0.894. The molecule has 0 bridgehead atoms. The number of ether oxygens (including phenoxy) is 1. The van der Waals surface area contributed by atoms with Gasteiger partial charge in [-0.15, -0.1) is 11.8 Å². The van der Waals surface area contributed by atoms with E-state index in [1.165, 1.54) is 11.8 Å². The van der Waals surface area contributed by atoms with Gasteiger partial charge in [0.15, 0.2) is 0 Å². The van der Waals surface area contributed by atoms with E-state index >= 15 is 0 Å². The summed E-state index contributed by atoms with van der Waals surface area (Å²) in [6.07, 6.45) is 1.83. The fourth-order valence-corrected chi connectivity index (χ4v) is 2.46. The lowest BCUT2D eigenvalue weighted by Crippen LogP contribution is -2.00. The Kier molecular flexibility index (Phi) is 4.85. The number of hydrogen-bond donors (Lipinski definition) is 1. The van der Waals surface area contributed by atoms with Gasteiger partial charge in [0.1, 0.15) is 23.1 Å². The van der Waals surface area contributed by atoms with Crippen LogP contribution in [-0.4, -0.2) is 17.3 Å². The van der Waals surface area contributed by atoms with E-state index in [1.54, 1.807) is 30.3 Å². The third-order valence-corrected chi connectivity index (χ3v) is 3.58. The van der Waals surface area contributed by atoms with Crippen molar-refractivity contribution in [2.45, 2.75) is 11.3 Å². The molecular formula is C16H13NO3S. The molecule has 2 rings (SSSR count). The second-order valence-electron chi connectivity index (χ2n) is 4.27. The summed E-state index contributed by atoms with van der Waals surface area (Å²) in [7, 11) is 0. The number of aliphatic carboxylic acids is 1. The van der Waals surface area contributed by atoms with Gasteiger partial charge in [0.25, 0.3) is 0 Å². The molecule has 0 aliphatic rings. The fourth-order valence-electron chi connectivity index (χ4n) is 1.90. The number of nitriles is 1. The molecule has 0 atom stereocenters. The maximum atomic E-state index is 10.7. The highest BCUT2D eigenvalue weighted by Crippen LogP contribution is 2.31. The zero-order valence-corrected chi connectivity index (χ0v) is 12.2. The largest absolute Gasteiger partial charge is 0.481 e. The molecule has 21 heavy (non-hydrogen) atoms. The molecule has 0 amide bonds. The molecule has 106 valence electrons. The summed E-state index contributed by atoms with van der Waals surface area (Å²) in [4.78, 5) is 11.6. The number of rotatable bonds is 5. The number of nitrogens with zero attached hydrogens (tertiary/aromatic N) is 1. The molecule has 0 heterocycles. The van der Waals surface area contributed by atoms with Crippen LogP contribution in [-0.2, 0) is 11.2 Å². The maximum Gasteiger partial charge on any atom is 0.307 e. The number of hydrogen-bond acceptors (Lipinski definition) is 4. The Bertz CT molecular complexity index is 707. The van der Waals surface area contributed by atoms with Gasteiger partial charge in [-0.25, -0.2) is 0 Å². The van der Waals surface area contributed by atoms with Crippen molar-refractivity contribution in [1.29, 1.82) is 5.26 Å². The lowest BCUT2D eigenvalue weighted by molar-refractivity contribution is -0.136. The Balaban J connectivity index is 2.30. The van der Waals surface area contributed by atoms with Crippen LogP contribution in [0.1, 0.15) is 11.1 Å². The summed E-state index contributed by atoms with van der Waals surface area (Å²) in [6.45, 7) is 0. The Morgan fingerprint density at radius 2 is 2.10 bits per heavy atom. The van der Waals surface area contributed by atoms with Gasteiger partial charge >= 0.3 is 5.97 Å². The predicted octanol–water partition coefficient (Wildman–Crippen LogP) is 3.70. The summed E-state index contributed by atoms with van der Waals surface area (Å²) >= 11 is 1.48. The summed E-state index contributed by atoms with van der Waals surface area (Å²) in [5.74, 6) is 0.0922. The topological polar surface area (TPSA) is 70.3 Å². The molecule has 0 fully saturated rings. The number of benzene rings is 2. The van der Waals surface area contributed by atoms with Crippen LogP contribution in [0.2, 0.25) is 0 Å². The Morgan fingerprint density at radius 1 is 1.33 bits per heavy atom. The molecule has 4 nitrogen and oxygen atoms in total. The summed E-state index contributed by atoms with van der Waals surface area (Å²) in [6, 6.07) is 14.4. The third kappa shape index (κ3) is 3.77. The molecule has 0 spiro atoms. The molecule has 0 aliphatic carbocycles. The third-order valence-electron chi connectivity index (χ3n) is 2.80. The van der Waals surface area contributed by atoms with Gasteiger partial charge in [-0.1, -0.05) is 18.2 Å². The van der Waals surface area contributed by atoms with E-state index < -0.39 is 5.97 Å². The van der Waals surface area contributed by atoms with Gasteiger partial charge in [0.2, 0.25) is 0 Å². The van der Waals surface area contributed by atoms with Crippen LogP contribution in [0.4, 0.5) is 0 Å². The van der Waals surface area contributed by atoms with Crippen molar-refractivity contribution >= 4 is 17.7 Å². The van der Waals surface area contributed by atoms with Crippen LogP contribution in [0.3, 0.4) is 0 Å². The highest BCUT2D eigenvalue weighted by molar-refractivity contribution is 7.98. The van der Waals surface area contributed by atoms with Gasteiger partial charge in [-0.3, -0.25) is 4.79 Å². The first-order valence-electron chi connectivity index (χ1n) is 6.19. The van der Waals surface area contributed by atoms with Gasteiger partial charge in [-0.05, 0) is 36.1 Å². The van der Waals surface area contributed by atoms with E-state index in [-0.39, 0.29) is 6.42 Å². The number of carbonyl (C=O) groups is 1. The molecule has 2 aromatic rings. The van der Waals surface area contributed by atoms with Crippen molar-refractivity contribution in [3.63, 3.8) is 0 Å². The summed E-state index contributed by atoms with van der Waals surface area (Å²) < 4.78 is 5.74. The Labute approximate surface area is 127 Å². The van der Waals surface area contributed by atoms with E-state index in [0.717, 1.165) is 4.90 Å². The van der Waals surface area contributed by atoms with Gasteiger partial charge in [-0.2, -0.15) is 5.26 Å². The number of carboxylic acid groups (broad SMARTS) is 1. The molecule has 0 unspecified atom stereocenters. The van der Waals surface area contributed by atoms with Crippen molar-refractivity contribution in [3.05, 3.63) is 53.6 Å². The van der Waals surface area contributed by atoms with Crippen molar-refractivity contribution < 1.29 is 14.6 Å². The van der Waals surface area contributed by atoms with E-state index in [0.29, 0.717) is 22.6 Å². The first kappa shape index (κ1) is 14.9. The van der Waals surface area contributed by atoms with E-state index in [2.05, 4.69) is 6.07 Å². The normalized spacial score (nSPS) is 9.90. The molecule has 2 aromatic carbocycles. The van der Waals surface area contributed by atoms with E-state index in [4.69, 9.17) is 9.84 Å². The van der Waals surface area contributed by atoms with Gasteiger partial charge in [0, 0.05) is 4.90 Å². The molecule has 0 radical (unpaired) electrons. The highest BCUT2D eigenvalue weighted by Gasteiger charge is 2.10. The number of thioether (sulfide) groups is 1. The molecule has 0 aliphatic heterocycles. The maximum absolute atomic E-state index is 10.7.